The molecule has 0 radical (unpaired) electrons. The van der Waals surface area contributed by atoms with Crippen molar-refractivity contribution in [1.29, 1.82) is 0 Å². The van der Waals surface area contributed by atoms with Gasteiger partial charge >= 0.3 is 11.9 Å². The van der Waals surface area contributed by atoms with E-state index in [4.69, 9.17) is 21.7 Å². The molecule has 27 heavy (non-hydrogen) atoms. The number of nitrogens with one attached hydrogen (secondary N) is 2. The van der Waals surface area contributed by atoms with Gasteiger partial charge in [-0.25, -0.2) is 9.59 Å². The highest BCUT2D eigenvalue weighted by atomic mass is 32.1. The van der Waals surface area contributed by atoms with Crippen LogP contribution in [0, 0.1) is 13.8 Å². The van der Waals surface area contributed by atoms with Crippen LogP contribution < -0.4 is 10.6 Å². The van der Waals surface area contributed by atoms with Crippen molar-refractivity contribution in [3.05, 3.63) is 45.8 Å². The first-order chi connectivity index (χ1) is 12.9. The van der Waals surface area contributed by atoms with Gasteiger partial charge in [0.05, 0.1) is 24.3 Å². The number of carbonyl (C=O) groups is 2. The first-order valence-corrected chi connectivity index (χ1v) is 9.72. The predicted octanol–water partition coefficient (Wildman–Crippen LogP) is 4.53. The molecule has 0 atom stereocenters. The fourth-order valence-corrected chi connectivity index (χ4v) is 3.67. The summed E-state index contributed by atoms with van der Waals surface area (Å²) >= 11 is 6.79. The van der Waals surface area contributed by atoms with E-state index in [1.54, 1.807) is 38.1 Å². The Morgan fingerprint density at radius 2 is 1.59 bits per heavy atom. The molecule has 1 heterocycles. The number of carbonyl (C=O) groups excluding carboxylic acids is 2. The van der Waals surface area contributed by atoms with Crippen molar-refractivity contribution in [2.75, 3.05) is 23.8 Å². The van der Waals surface area contributed by atoms with Crippen LogP contribution in [0.25, 0.3) is 0 Å². The lowest BCUT2D eigenvalue weighted by Crippen LogP contribution is -2.20. The van der Waals surface area contributed by atoms with Crippen LogP contribution in [0.15, 0.2) is 24.3 Å². The third-order valence-electron chi connectivity index (χ3n) is 3.75. The lowest BCUT2D eigenvalue weighted by molar-refractivity contribution is 0.0517. The average molecular weight is 407 g/mol. The van der Waals surface area contributed by atoms with Crippen LogP contribution in [-0.2, 0) is 9.47 Å². The molecule has 2 rings (SSSR count). The largest absolute Gasteiger partial charge is 0.462 e. The summed E-state index contributed by atoms with van der Waals surface area (Å²) in [7, 11) is 0. The van der Waals surface area contributed by atoms with Gasteiger partial charge in [0.25, 0.3) is 0 Å². The number of benzene rings is 1. The van der Waals surface area contributed by atoms with Crippen LogP contribution in [0.1, 0.15) is 45.0 Å². The number of aryl methyl sites for hydroxylation is 1. The molecule has 2 aromatic rings. The van der Waals surface area contributed by atoms with Crippen molar-refractivity contribution in [2.24, 2.45) is 0 Å². The summed E-state index contributed by atoms with van der Waals surface area (Å²) in [6.45, 7) is 7.99. The van der Waals surface area contributed by atoms with E-state index in [1.807, 2.05) is 13.8 Å². The maximum Gasteiger partial charge on any atom is 0.341 e. The van der Waals surface area contributed by atoms with Crippen LogP contribution in [0.5, 0.6) is 0 Å². The van der Waals surface area contributed by atoms with E-state index in [2.05, 4.69) is 10.6 Å². The number of rotatable bonds is 6. The zero-order chi connectivity index (χ0) is 20.0. The number of anilines is 2. The molecular weight excluding hydrogens is 384 g/mol. The fraction of sp³-hybridized carbons (Fsp3) is 0.316. The fourth-order valence-electron chi connectivity index (χ4n) is 2.33. The van der Waals surface area contributed by atoms with Crippen LogP contribution in [0.4, 0.5) is 10.7 Å². The van der Waals surface area contributed by atoms with Crippen LogP contribution in [-0.4, -0.2) is 30.3 Å². The number of thiocarbonyl (C=S) groups is 1. The van der Waals surface area contributed by atoms with E-state index in [9.17, 15) is 9.59 Å². The summed E-state index contributed by atoms with van der Waals surface area (Å²) in [5, 5.41) is 7.08. The van der Waals surface area contributed by atoms with Crippen molar-refractivity contribution < 1.29 is 19.1 Å². The first-order valence-electron chi connectivity index (χ1n) is 8.49. The monoisotopic (exact) mass is 406 g/mol. The van der Waals surface area contributed by atoms with E-state index in [-0.39, 0.29) is 11.9 Å². The molecule has 8 heteroatoms. The smallest absolute Gasteiger partial charge is 0.341 e. The van der Waals surface area contributed by atoms with Crippen LogP contribution in [0.3, 0.4) is 0 Å². The maximum atomic E-state index is 12.2. The van der Waals surface area contributed by atoms with Crippen molar-refractivity contribution in [2.45, 2.75) is 27.7 Å². The molecular formula is C19H22N2O4S2. The summed E-state index contributed by atoms with van der Waals surface area (Å²) in [6.07, 6.45) is 0. The van der Waals surface area contributed by atoms with Gasteiger partial charge in [0.2, 0.25) is 0 Å². The molecule has 0 aliphatic rings. The number of hydrogen-bond acceptors (Lipinski definition) is 6. The van der Waals surface area contributed by atoms with Crippen molar-refractivity contribution in [3.63, 3.8) is 0 Å². The zero-order valence-corrected chi connectivity index (χ0v) is 17.3. The second kappa shape index (κ2) is 9.48. The molecule has 144 valence electrons. The maximum absolute atomic E-state index is 12.2. The van der Waals surface area contributed by atoms with Gasteiger partial charge in [0, 0.05) is 10.6 Å². The topological polar surface area (TPSA) is 76.7 Å². The minimum Gasteiger partial charge on any atom is -0.462 e. The molecule has 0 aliphatic heterocycles. The van der Waals surface area contributed by atoms with Gasteiger partial charge in [0.15, 0.2) is 5.11 Å². The molecule has 0 unspecified atom stereocenters. The van der Waals surface area contributed by atoms with Crippen molar-refractivity contribution in [3.8, 4) is 0 Å². The molecule has 0 saturated carbocycles. The zero-order valence-electron chi connectivity index (χ0n) is 15.7. The Morgan fingerprint density at radius 3 is 2.19 bits per heavy atom. The second-order valence-electron chi connectivity index (χ2n) is 5.58. The van der Waals surface area contributed by atoms with E-state index >= 15 is 0 Å². The normalized spacial score (nSPS) is 10.2. The minimum atomic E-state index is -0.372. The molecule has 0 amide bonds. The Kier molecular flexibility index (Phi) is 7.32. The third kappa shape index (κ3) is 5.27. The Bertz CT molecular complexity index is 844. The quantitative estimate of drug-likeness (QED) is 0.539. The van der Waals surface area contributed by atoms with Gasteiger partial charge in [0.1, 0.15) is 5.00 Å². The van der Waals surface area contributed by atoms with Crippen LogP contribution in [0.2, 0.25) is 0 Å². The van der Waals surface area contributed by atoms with Gasteiger partial charge in [-0.15, -0.1) is 11.3 Å². The Labute approximate surface area is 167 Å². The summed E-state index contributed by atoms with van der Waals surface area (Å²) in [5.74, 6) is -0.739. The number of thiophene rings is 1. The van der Waals surface area contributed by atoms with Gasteiger partial charge < -0.3 is 20.1 Å². The summed E-state index contributed by atoms with van der Waals surface area (Å²) < 4.78 is 10.1. The highest BCUT2D eigenvalue weighted by Gasteiger charge is 2.21. The molecule has 0 aliphatic carbocycles. The Hall–Kier alpha value is -2.45. The highest BCUT2D eigenvalue weighted by molar-refractivity contribution is 7.80. The number of hydrogen-bond donors (Lipinski definition) is 2. The molecule has 0 spiro atoms. The minimum absolute atomic E-state index is 0.308. The van der Waals surface area contributed by atoms with E-state index in [0.717, 1.165) is 10.4 Å². The SMILES string of the molecule is CCOC(=O)c1ccc(NC(=S)Nc2sc(C)c(C)c2C(=O)OCC)cc1. The van der Waals surface area contributed by atoms with Gasteiger partial charge in [-0.05, 0) is 69.7 Å². The van der Waals surface area contributed by atoms with Gasteiger partial charge in [-0.1, -0.05) is 0 Å². The summed E-state index contributed by atoms with van der Waals surface area (Å²) in [6, 6.07) is 6.79. The summed E-state index contributed by atoms with van der Waals surface area (Å²) in [5.41, 5.74) is 2.56. The lowest BCUT2D eigenvalue weighted by atomic mass is 10.1. The molecule has 1 aromatic carbocycles. The van der Waals surface area contributed by atoms with E-state index < -0.39 is 0 Å². The third-order valence-corrected chi connectivity index (χ3v) is 5.07. The number of esters is 2. The average Bonchev–Trinajstić information content (AvgIpc) is 2.89. The Balaban J connectivity index is 2.09. The molecule has 0 bridgehead atoms. The Morgan fingerprint density at radius 1 is 1.00 bits per heavy atom. The van der Waals surface area contributed by atoms with Gasteiger partial charge in [-0.2, -0.15) is 0 Å². The molecule has 1 aromatic heterocycles. The van der Waals surface area contributed by atoms with Gasteiger partial charge in [-0.3, -0.25) is 0 Å². The molecule has 0 fully saturated rings. The van der Waals surface area contributed by atoms with Crippen molar-refractivity contribution >= 4 is 51.3 Å². The van der Waals surface area contributed by atoms with Crippen molar-refractivity contribution in [1.82, 2.24) is 0 Å². The second-order valence-corrected chi connectivity index (χ2v) is 7.22. The standard InChI is InChI=1S/C19H22N2O4S2/c1-5-24-17(22)13-7-9-14(10-8-13)20-19(26)21-16-15(18(23)25-6-2)11(3)12(4)27-16/h7-10H,5-6H2,1-4H3,(H2,20,21,26). The lowest BCUT2D eigenvalue weighted by Gasteiger charge is -2.11. The summed E-state index contributed by atoms with van der Waals surface area (Å²) in [4.78, 5) is 24.9. The molecule has 0 saturated heterocycles. The first kappa shape index (κ1) is 20.9. The van der Waals surface area contributed by atoms with Crippen LogP contribution >= 0.6 is 23.6 Å². The molecule has 6 nitrogen and oxygen atoms in total. The van der Waals surface area contributed by atoms with E-state index in [0.29, 0.717) is 40.1 Å². The predicted molar refractivity (Wildman–Crippen MR) is 112 cm³/mol. The number of ether oxygens (including phenoxy) is 2. The van der Waals surface area contributed by atoms with E-state index in [1.165, 1.54) is 11.3 Å². The highest BCUT2D eigenvalue weighted by Crippen LogP contribution is 2.33. The molecule has 2 N–H and O–H groups in total.